The van der Waals surface area contributed by atoms with Gasteiger partial charge in [-0.1, -0.05) is 49.8 Å². The van der Waals surface area contributed by atoms with Gasteiger partial charge >= 0.3 is 17.9 Å². The van der Waals surface area contributed by atoms with Gasteiger partial charge in [0.05, 0.1) is 5.41 Å². The van der Waals surface area contributed by atoms with Crippen LogP contribution in [0, 0.1) is 5.41 Å². The Bertz CT molecular complexity index is 1090. The average Bonchev–Trinajstić information content (AvgIpc) is 2.99. The van der Waals surface area contributed by atoms with Crippen molar-refractivity contribution in [2.45, 2.75) is 70.5 Å². The number of carbonyl (C=O) groups is 4. The lowest BCUT2D eigenvalue weighted by Crippen LogP contribution is -2.64. The number of esters is 1. The van der Waals surface area contributed by atoms with E-state index < -0.39 is 46.7 Å². The number of β-lactam (4-membered cyclic amide) rings is 1. The van der Waals surface area contributed by atoms with Crippen molar-refractivity contribution in [3.05, 3.63) is 47.4 Å². The summed E-state index contributed by atoms with van der Waals surface area (Å²) in [5.74, 6) is -2.67. The number of carbonyl (C=O) groups excluding carboxylic acids is 2. The lowest BCUT2D eigenvalue weighted by Gasteiger charge is -2.41. The number of fused-ring (bicyclic) bond motifs is 1. The van der Waals surface area contributed by atoms with E-state index in [2.05, 4.69) is 11.6 Å². The molecule has 0 bridgehead atoms. The lowest BCUT2D eigenvalue weighted by atomic mass is 9.98. The molecule has 11 heteroatoms. The summed E-state index contributed by atoms with van der Waals surface area (Å²) in [4.78, 5) is 55.4. The molecule has 3 atom stereocenters. The smallest absolute Gasteiger partial charge is 0.374 e. The number of benzene rings is 1. The number of likely N-dealkylation sites (tertiary alicyclic amines) is 1. The van der Waals surface area contributed by atoms with Crippen LogP contribution in [-0.2, 0) is 30.5 Å². The number of amides is 1. The largest absolute Gasteiger partial charge is 0.481 e. The summed E-state index contributed by atoms with van der Waals surface area (Å²) in [5.41, 5.74) is 0.281. The van der Waals surface area contributed by atoms with E-state index in [0.717, 1.165) is 31.2 Å². The summed E-state index contributed by atoms with van der Waals surface area (Å²) in [7, 11) is 0. The first-order valence-electron chi connectivity index (χ1n) is 12.6. The van der Waals surface area contributed by atoms with Gasteiger partial charge in [0, 0.05) is 18.0 Å². The van der Waals surface area contributed by atoms with Crippen LogP contribution in [0.15, 0.2) is 46.8 Å². The van der Waals surface area contributed by atoms with Crippen molar-refractivity contribution in [1.82, 2.24) is 9.80 Å². The molecule has 3 aliphatic rings. The third-order valence-corrected chi connectivity index (χ3v) is 7.60. The lowest BCUT2D eigenvalue weighted by molar-refractivity contribution is -0.156. The van der Waals surface area contributed by atoms with Gasteiger partial charge in [0.2, 0.25) is 5.84 Å². The number of hydrogen-bond donors (Lipinski definition) is 2. The van der Waals surface area contributed by atoms with Crippen molar-refractivity contribution < 1.29 is 34.1 Å². The molecule has 1 aromatic rings. The van der Waals surface area contributed by atoms with Crippen molar-refractivity contribution in [1.29, 1.82) is 0 Å². The molecular weight excluding hydrogens is 510 g/mol. The van der Waals surface area contributed by atoms with E-state index >= 15 is 0 Å². The van der Waals surface area contributed by atoms with Crippen LogP contribution in [-0.4, -0.2) is 80.2 Å². The molecular formula is C27H35N3O7S. The van der Waals surface area contributed by atoms with Gasteiger partial charge in [-0.15, -0.1) is 11.8 Å². The molecule has 1 aromatic carbocycles. The number of rotatable bonds is 4. The van der Waals surface area contributed by atoms with Gasteiger partial charge in [-0.25, -0.2) is 14.6 Å². The maximum Gasteiger partial charge on any atom is 0.374 e. The molecule has 3 aliphatic heterocycles. The normalized spacial score (nSPS) is 23.4. The van der Waals surface area contributed by atoms with Crippen molar-refractivity contribution in [2.75, 3.05) is 13.1 Å². The number of nitrogens with zero attached hydrogens (tertiary/aromatic N) is 3. The minimum Gasteiger partial charge on any atom is -0.481 e. The minimum atomic E-state index is -1.11. The molecule has 3 saturated heterocycles. The summed E-state index contributed by atoms with van der Waals surface area (Å²) in [6, 6.07) is 7.52. The summed E-state index contributed by atoms with van der Waals surface area (Å²) in [6.45, 7) is 10.2. The molecule has 0 aromatic heterocycles. The molecule has 4 rings (SSSR count). The van der Waals surface area contributed by atoms with Crippen LogP contribution in [0.25, 0.3) is 0 Å². The van der Waals surface area contributed by atoms with E-state index in [0.29, 0.717) is 18.0 Å². The van der Waals surface area contributed by atoms with Crippen LogP contribution >= 0.6 is 11.8 Å². The van der Waals surface area contributed by atoms with Gasteiger partial charge < -0.3 is 24.7 Å². The number of aliphatic carboxylic acids is 2. The Labute approximate surface area is 226 Å². The van der Waals surface area contributed by atoms with E-state index in [9.17, 15) is 24.3 Å². The molecule has 0 unspecified atom stereocenters. The summed E-state index contributed by atoms with van der Waals surface area (Å²) in [5, 5.41) is 17.2. The Balaban J connectivity index is 0.000000505. The summed E-state index contributed by atoms with van der Waals surface area (Å²) >= 11 is 1.23. The molecule has 0 saturated carbocycles. The zero-order chi connectivity index (χ0) is 28.0. The first-order chi connectivity index (χ1) is 17.9. The Morgan fingerprint density at radius 3 is 2.18 bits per heavy atom. The number of aliphatic imine (C=N–C) groups is 1. The molecule has 1 amide bonds. The number of ether oxygens (including phenoxy) is 1. The average molecular weight is 546 g/mol. The molecule has 0 spiro atoms. The fourth-order valence-corrected chi connectivity index (χ4v) is 5.38. The highest BCUT2D eigenvalue weighted by atomic mass is 32.2. The van der Waals surface area contributed by atoms with Crippen LogP contribution in [0.4, 0.5) is 0 Å². The van der Waals surface area contributed by atoms with Crippen LogP contribution in [0.3, 0.4) is 0 Å². The first kappa shape index (κ1) is 29.2. The first-order valence-corrected chi connectivity index (χ1v) is 13.5. The molecule has 38 heavy (non-hydrogen) atoms. The number of hydrogen-bond acceptors (Lipinski definition) is 7. The fourth-order valence-electron chi connectivity index (χ4n) is 4.08. The van der Waals surface area contributed by atoms with Crippen molar-refractivity contribution in [2.24, 2.45) is 10.4 Å². The van der Waals surface area contributed by atoms with E-state index in [4.69, 9.17) is 9.84 Å². The zero-order valence-electron chi connectivity index (χ0n) is 22.0. The molecule has 3 fully saturated rings. The highest BCUT2D eigenvalue weighted by Crippen LogP contribution is 2.47. The summed E-state index contributed by atoms with van der Waals surface area (Å²) in [6.07, 6.45) is 4.03. The monoisotopic (exact) mass is 545 g/mol. The van der Waals surface area contributed by atoms with Crippen LogP contribution in [0.5, 0.6) is 0 Å². The summed E-state index contributed by atoms with van der Waals surface area (Å²) < 4.78 is 5.53. The van der Waals surface area contributed by atoms with Crippen LogP contribution in [0.1, 0.15) is 52.0 Å². The third kappa shape index (κ3) is 6.94. The topological polar surface area (TPSA) is 137 Å². The Morgan fingerprint density at radius 2 is 1.66 bits per heavy atom. The van der Waals surface area contributed by atoms with E-state index in [1.165, 1.54) is 16.7 Å². The van der Waals surface area contributed by atoms with E-state index in [1.54, 1.807) is 20.8 Å². The number of carboxylic acids is 2. The Kier molecular flexibility index (Phi) is 9.59. The SMILES string of the molecule is C=C1S[C@@H]2[C@H](N=C(C(=O)OCc3ccccc3)N3CCCCCC3)C(=O)N2[C@H]1C(=O)O.CC(C)(C)C(=O)O. The number of carboxylic acid groups (broad SMARTS) is 2. The highest BCUT2D eigenvalue weighted by Gasteiger charge is 2.59. The van der Waals surface area contributed by atoms with Crippen LogP contribution in [0.2, 0.25) is 0 Å². The molecule has 10 nitrogen and oxygen atoms in total. The molecule has 206 valence electrons. The standard InChI is InChI=1S/C22H25N3O5S.C5H10O2/c1-14-17(21(27)28)25-19(26)16(20(25)31-14)23-18(24-11-7-2-3-8-12-24)22(29)30-13-15-9-5-4-6-10-15;1-5(2,3)4(6)7/h4-6,9-10,16-17,20H,1-3,7-8,11-13H2,(H,27,28);1-3H3,(H,6,7)/t16-,17-,20-;/m1./s1. The maximum atomic E-state index is 13.0. The van der Waals surface area contributed by atoms with Gasteiger partial charge in [0.25, 0.3) is 5.91 Å². The highest BCUT2D eigenvalue weighted by molar-refractivity contribution is 8.04. The zero-order valence-corrected chi connectivity index (χ0v) is 22.8. The van der Waals surface area contributed by atoms with Crippen molar-refractivity contribution >= 4 is 41.4 Å². The van der Waals surface area contributed by atoms with Gasteiger partial charge in [-0.2, -0.15) is 0 Å². The predicted molar refractivity (Wildman–Crippen MR) is 143 cm³/mol. The molecule has 0 aliphatic carbocycles. The molecule has 2 N–H and O–H groups in total. The third-order valence-electron chi connectivity index (χ3n) is 6.34. The molecule has 3 heterocycles. The van der Waals surface area contributed by atoms with E-state index in [-0.39, 0.29) is 12.4 Å². The quantitative estimate of drug-likeness (QED) is 0.252. The maximum absolute atomic E-state index is 13.0. The molecule has 0 radical (unpaired) electrons. The fraction of sp³-hybridized carbons (Fsp3) is 0.519. The predicted octanol–water partition coefficient (Wildman–Crippen LogP) is 3.37. The van der Waals surface area contributed by atoms with Crippen molar-refractivity contribution in [3.8, 4) is 0 Å². The number of thioether (sulfide) groups is 1. The second-order valence-electron chi connectivity index (χ2n) is 10.4. The van der Waals surface area contributed by atoms with Crippen molar-refractivity contribution in [3.63, 3.8) is 0 Å². The van der Waals surface area contributed by atoms with Gasteiger partial charge in [-0.3, -0.25) is 9.59 Å². The van der Waals surface area contributed by atoms with E-state index in [1.807, 2.05) is 35.2 Å². The van der Waals surface area contributed by atoms with Gasteiger partial charge in [0.1, 0.15) is 12.0 Å². The Hall–Kier alpha value is -3.34. The second kappa shape index (κ2) is 12.5. The van der Waals surface area contributed by atoms with Crippen LogP contribution < -0.4 is 0 Å². The number of amidine groups is 1. The van der Waals surface area contributed by atoms with Gasteiger partial charge in [0.15, 0.2) is 12.1 Å². The Morgan fingerprint density at radius 1 is 1.08 bits per heavy atom. The minimum absolute atomic E-state index is 0.118. The van der Waals surface area contributed by atoms with Gasteiger partial charge in [-0.05, 0) is 39.2 Å². The second-order valence-corrected chi connectivity index (χ2v) is 11.6.